The molecule has 0 amide bonds. The number of sulfonamides is 1. The van der Waals surface area contributed by atoms with Crippen molar-refractivity contribution in [3.05, 3.63) is 59.2 Å². The number of halogens is 2. The maximum absolute atomic E-state index is 14.1. The molecule has 9 nitrogen and oxygen atoms in total. The van der Waals surface area contributed by atoms with Crippen LogP contribution in [0.5, 0.6) is 5.75 Å². The summed E-state index contributed by atoms with van der Waals surface area (Å²) in [5, 5.41) is 29.0. The minimum absolute atomic E-state index is 0.00353. The quantitative estimate of drug-likeness (QED) is 0.668. The van der Waals surface area contributed by atoms with Gasteiger partial charge in [-0.05, 0) is 18.2 Å². The molecule has 1 aromatic carbocycles. The van der Waals surface area contributed by atoms with Crippen LogP contribution in [0.1, 0.15) is 5.69 Å². The molecule has 1 aromatic heterocycles. The van der Waals surface area contributed by atoms with Gasteiger partial charge in [-0.3, -0.25) is 0 Å². The second-order valence-electron chi connectivity index (χ2n) is 6.50. The van der Waals surface area contributed by atoms with Crippen molar-refractivity contribution >= 4 is 15.7 Å². The second kappa shape index (κ2) is 7.93. The van der Waals surface area contributed by atoms with Crippen molar-refractivity contribution in [2.45, 2.75) is 16.6 Å². The molecule has 156 valence electrons. The van der Waals surface area contributed by atoms with Gasteiger partial charge in [0.05, 0.1) is 19.7 Å². The number of nitriles is 1. The van der Waals surface area contributed by atoms with E-state index in [1.165, 1.54) is 6.07 Å². The van der Waals surface area contributed by atoms with Gasteiger partial charge in [0.2, 0.25) is 15.7 Å². The minimum atomic E-state index is -4.20. The van der Waals surface area contributed by atoms with Gasteiger partial charge in [0.25, 0.3) is 0 Å². The number of rotatable bonds is 5. The highest BCUT2D eigenvalue weighted by atomic mass is 32.2. The molecule has 2 N–H and O–H groups in total. The molecular weight excluding hydrogens is 422 g/mol. The Balaban J connectivity index is 1.90. The van der Waals surface area contributed by atoms with Crippen LogP contribution in [-0.4, -0.2) is 59.3 Å². The zero-order chi connectivity index (χ0) is 22.1. The number of ether oxygens (including phenoxy) is 1. The molecule has 0 spiro atoms. The fourth-order valence-electron chi connectivity index (χ4n) is 2.90. The lowest BCUT2D eigenvalue weighted by Gasteiger charge is -2.27. The van der Waals surface area contributed by atoms with Crippen LogP contribution in [0.3, 0.4) is 0 Å². The number of hydrogen-bond donors (Lipinski definition) is 2. The van der Waals surface area contributed by atoms with E-state index in [-0.39, 0.29) is 10.6 Å². The number of aromatic nitrogens is 1. The molecule has 0 unspecified atom stereocenters. The van der Waals surface area contributed by atoms with E-state index < -0.39 is 64.5 Å². The van der Waals surface area contributed by atoms with E-state index in [4.69, 9.17) is 16.6 Å². The van der Waals surface area contributed by atoms with Gasteiger partial charge in [-0.15, -0.1) is 0 Å². The van der Waals surface area contributed by atoms with Crippen LogP contribution in [0.15, 0.2) is 35.4 Å². The fraction of sp³-hybridized carbons (Fsp3) is 0.278. The number of aliphatic hydroxyl groups excluding tert-OH is 1. The maximum atomic E-state index is 14.1. The van der Waals surface area contributed by atoms with Crippen molar-refractivity contribution in [1.29, 1.82) is 5.26 Å². The molecule has 0 radical (unpaired) electrons. The van der Waals surface area contributed by atoms with Crippen LogP contribution in [0.2, 0.25) is 0 Å². The predicted octanol–water partition coefficient (Wildman–Crippen LogP) is 0.958. The standard InChI is InChI=1S/C18H14F2N4O5S/c1-22-15-4-14(20)16(5-13(15)19)29-17-8-24(9-18(17,26)10-25)30(27,28)12-3-2-11(6-21)23-7-12/h2-5,7,17,25-26H,8-10H2/t17-,18+/m0/s1. The molecule has 1 aliphatic heterocycles. The van der Waals surface area contributed by atoms with E-state index in [1.54, 1.807) is 6.07 Å². The Kier molecular flexibility index (Phi) is 5.70. The third kappa shape index (κ3) is 3.81. The average Bonchev–Trinajstić information content (AvgIpc) is 3.08. The topological polar surface area (TPSA) is 128 Å². The molecule has 3 rings (SSSR count). The smallest absolute Gasteiger partial charge is 0.244 e. The summed E-state index contributed by atoms with van der Waals surface area (Å²) in [6, 6.07) is 5.34. The van der Waals surface area contributed by atoms with Gasteiger partial charge in [0.1, 0.15) is 34.2 Å². The van der Waals surface area contributed by atoms with Gasteiger partial charge >= 0.3 is 0 Å². The van der Waals surface area contributed by atoms with E-state index >= 15 is 0 Å². The maximum Gasteiger partial charge on any atom is 0.244 e. The SMILES string of the molecule is [C-]#[N+]c1cc(F)c(O[C@H]2CN(S(=O)(=O)c3ccc(C#N)nc3)C[C@@]2(O)CO)cc1F. The minimum Gasteiger partial charge on any atom is -0.483 e. The number of hydrogen-bond acceptors (Lipinski definition) is 7. The Morgan fingerprint density at radius 3 is 2.70 bits per heavy atom. The molecule has 2 atom stereocenters. The largest absolute Gasteiger partial charge is 0.483 e. The molecule has 2 aromatic rings. The van der Waals surface area contributed by atoms with Crippen molar-refractivity contribution in [3.63, 3.8) is 0 Å². The Hall–Kier alpha value is -3.16. The highest BCUT2D eigenvalue weighted by Crippen LogP contribution is 2.33. The molecule has 2 heterocycles. The summed E-state index contributed by atoms with van der Waals surface area (Å²) < 4.78 is 59.7. The lowest BCUT2D eigenvalue weighted by Crippen LogP contribution is -2.48. The zero-order valence-electron chi connectivity index (χ0n) is 15.2. The summed E-state index contributed by atoms with van der Waals surface area (Å²) in [5.41, 5.74) is -2.67. The Morgan fingerprint density at radius 1 is 1.40 bits per heavy atom. The summed E-state index contributed by atoms with van der Waals surface area (Å²) in [7, 11) is -4.20. The third-order valence-corrected chi connectivity index (χ3v) is 6.37. The Labute approximate surface area is 170 Å². The third-order valence-electron chi connectivity index (χ3n) is 4.57. The van der Waals surface area contributed by atoms with E-state index in [1.807, 2.05) is 0 Å². The first-order chi connectivity index (χ1) is 14.1. The van der Waals surface area contributed by atoms with Gasteiger partial charge in [0, 0.05) is 18.8 Å². The van der Waals surface area contributed by atoms with Crippen LogP contribution < -0.4 is 4.74 Å². The van der Waals surface area contributed by atoms with Gasteiger partial charge in [-0.1, -0.05) is 0 Å². The van der Waals surface area contributed by atoms with Crippen molar-refractivity contribution in [1.82, 2.24) is 9.29 Å². The van der Waals surface area contributed by atoms with Crippen molar-refractivity contribution in [2.24, 2.45) is 0 Å². The number of β-amino-alcohol motifs (C(OH)–C–C–N with tert-alkyl or cyclic N) is 1. The summed E-state index contributed by atoms with van der Waals surface area (Å²) in [4.78, 5) is 6.24. The highest BCUT2D eigenvalue weighted by Gasteiger charge is 2.51. The van der Waals surface area contributed by atoms with Crippen LogP contribution in [0.4, 0.5) is 14.5 Å². The van der Waals surface area contributed by atoms with E-state index in [9.17, 15) is 27.4 Å². The number of benzene rings is 1. The molecule has 1 fully saturated rings. The fourth-order valence-corrected chi connectivity index (χ4v) is 4.35. The van der Waals surface area contributed by atoms with Gasteiger partial charge in [-0.2, -0.15) is 9.57 Å². The van der Waals surface area contributed by atoms with Crippen LogP contribution >= 0.6 is 0 Å². The van der Waals surface area contributed by atoms with Crippen molar-refractivity contribution < 1.29 is 32.1 Å². The van der Waals surface area contributed by atoms with Gasteiger partial charge in [-0.25, -0.2) is 27.0 Å². The molecular formula is C18H14F2N4O5S. The zero-order valence-corrected chi connectivity index (χ0v) is 16.0. The van der Waals surface area contributed by atoms with Gasteiger partial charge in [0.15, 0.2) is 11.6 Å². The van der Waals surface area contributed by atoms with Crippen LogP contribution in [0.25, 0.3) is 4.85 Å². The van der Waals surface area contributed by atoms with E-state index in [0.717, 1.165) is 16.6 Å². The van der Waals surface area contributed by atoms with Crippen molar-refractivity contribution in [3.8, 4) is 11.8 Å². The Bertz CT molecular complexity index is 1160. The van der Waals surface area contributed by atoms with Crippen LogP contribution in [-0.2, 0) is 10.0 Å². The second-order valence-corrected chi connectivity index (χ2v) is 8.44. The number of aliphatic hydroxyl groups is 2. The lowest BCUT2D eigenvalue weighted by molar-refractivity contribution is -0.0650. The molecule has 30 heavy (non-hydrogen) atoms. The number of nitrogens with zero attached hydrogens (tertiary/aromatic N) is 4. The first kappa shape index (κ1) is 21.5. The number of pyridine rings is 1. The monoisotopic (exact) mass is 436 g/mol. The summed E-state index contributed by atoms with van der Waals surface area (Å²) in [5.74, 6) is -2.78. The summed E-state index contributed by atoms with van der Waals surface area (Å²) >= 11 is 0. The molecule has 0 bridgehead atoms. The van der Waals surface area contributed by atoms with E-state index in [0.29, 0.717) is 12.1 Å². The normalized spacial score (nSPS) is 21.7. The predicted molar refractivity (Wildman–Crippen MR) is 96.8 cm³/mol. The van der Waals surface area contributed by atoms with Crippen molar-refractivity contribution in [2.75, 3.05) is 19.7 Å². The molecule has 12 heteroatoms. The molecule has 0 aliphatic carbocycles. The lowest BCUT2D eigenvalue weighted by atomic mass is 10.0. The average molecular weight is 436 g/mol. The molecule has 1 aliphatic rings. The molecule has 0 saturated carbocycles. The first-order valence-electron chi connectivity index (χ1n) is 8.37. The first-order valence-corrected chi connectivity index (χ1v) is 9.81. The highest BCUT2D eigenvalue weighted by molar-refractivity contribution is 7.89. The van der Waals surface area contributed by atoms with Crippen LogP contribution in [0, 0.1) is 29.5 Å². The van der Waals surface area contributed by atoms with E-state index in [2.05, 4.69) is 9.83 Å². The molecule has 1 saturated heterocycles. The Morgan fingerprint density at radius 2 is 2.13 bits per heavy atom. The summed E-state index contributed by atoms with van der Waals surface area (Å²) in [6.07, 6.45) is -0.464. The summed E-state index contributed by atoms with van der Waals surface area (Å²) in [6.45, 7) is 4.80. The van der Waals surface area contributed by atoms with Gasteiger partial charge < -0.3 is 14.9 Å².